The summed E-state index contributed by atoms with van der Waals surface area (Å²) in [5.74, 6) is -3.48. The topological polar surface area (TPSA) is 25.2 Å². The third kappa shape index (κ3) is 2.80. The second kappa shape index (κ2) is 5.08. The molecule has 0 aliphatic heterocycles. The van der Waals surface area contributed by atoms with Gasteiger partial charge in [0.1, 0.15) is 17.6 Å². The number of alkyl halides is 4. The van der Waals surface area contributed by atoms with Crippen LogP contribution in [-0.4, -0.2) is 18.9 Å². The molecule has 0 aromatic carbocycles. The van der Waals surface area contributed by atoms with E-state index in [1.54, 1.807) is 13.8 Å². The zero-order chi connectivity index (χ0) is 13.2. The Hall–Kier alpha value is -1.04. The lowest BCUT2D eigenvalue weighted by Gasteiger charge is -2.26. The van der Waals surface area contributed by atoms with Gasteiger partial charge in [-0.25, -0.2) is 8.78 Å². The molecule has 0 fully saturated rings. The zero-order valence-corrected chi connectivity index (χ0v) is 9.86. The van der Waals surface area contributed by atoms with Gasteiger partial charge < -0.3 is 9.73 Å². The van der Waals surface area contributed by atoms with E-state index in [4.69, 9.17) is 4.42 Å². The Labute approximate surface area is 97.0 Å². The van der Waals surface area contributed by atoms with Crippen LogP contribution in [0.25, 0.3) is 0 Å². The summed E-state index contributed by atoms with van der Waals surface area (Å²) in [6.07, 6.45) is -3.72. The molecule has 1 heterocycles. The molecule has 0 aliphatic carbocycles. The molecule has 6 heteroatoms. The Bertz CT molecular complexity index is 376. The van der Waals surface area contributed by atoms with E-state index >= 15 is 0 Å². The van der Waals surface area contributed by atoms with Crippen LogP contribution in [0.2, 0.25) is 0 Å². The van der Waals surface area contributed by atoms with Gasteiger partial charge in [-0.1, -0.05) is 6.92 Å². The van der Waals surface area contributed by atoms with Crippen LogP contribution in [0.3, 0.4) is 0 Å². The normalized spacial score (nSPS) is 14.4. The maximum Gasteiger partial charge on any atom is 0.326 e. The van der Waals surface area contributed by atoms with Gasteiger partial charge >= 0.3 is 12.3 Å². The van der Waals surface area contributed by atoms with Gasteiger partial charge in [0.15, 0.2) is 0 Å². The van der Waals surface area contributed by atoms with E-state index in [0.717, 1.165) is 0 Å². The highest BCUT2D eigenvalue weighted by Crippen LogP contribution is 2.38. The molecule has 0 saturated carbocycles. The minimum absolute atomic E-state index is 0.0784. The fourth-order valence-electron chi connectivity index (χ4n) is 1.72. The van der Waals surface area contributed by atoms with Crippen molar-refractivity contribution in [1.29, 1.82) is 0 Å². The molecule has 0 aliphatic rings. The van der Waals surface area contributed by atoms with Crippen molar-refractivity contribution in [3.05, 3.63) is 23.2 Å². The summed E-state index contributed by atoms with van der Waals surface area (Å²) in [6.45, 7) is 4.81. The van der Waals surface area contributed by atoms with E-state index in [1.165, 1.54) is 13.0 Å². The molecule has 98 valence electrons. The molecule has 2 nitrogen and oxygen atoms in total. The van der Waals surface area contributed by atoms with Gasteiger partial charge in [-0.3, -0.25) is 0 Å². The van der Waals surface area contributed by atoms with Crippen molar-refractivity contribution in [3.63, 3.8) is 0 Å². The quantitative estimate of drug-likeness (QED) is 0.813. The maximum atomic E-state index is 13.4. The third-order valence-corrected chi connectivity index (χ3v) is 2.47. The Morgan fingerprint density at radius 3 is 2.29 bits per heavy atom. The van der Waals surface area contributed by atoms with Gasteiger partial charge in [0, 0.05) is 5.56 Å². The van der Waals surface area contributed by atoms with Gasteiger partial charge in [-0.2, -0.15) is 8.78 Å². The summed E-state index contributed by atoms with van der Waals surface area (Å²) < 4.78 is 56.7. The van der Waals surface area contributed by atoms with Crippen LogP contribution in [0.15, 0.2) is 10.5 Å². The summed E-state index contributed by atoms with van der Waals surface area (Å²) >= 11 is 0. The van der Waals surface area contributed by atoms with Crippen molar-refractivity contribution in [2.24, 2.45) is 0 Å². The van der Waals surface area contributed by atoms with Crippen molar-refractivity contribution < 1.29 is 22.0 Å². The van der Waals surface area contributed by atoms with Crippen LogP contribution in [0.1, 0.15) is 30.0 Å². The summed E-state index contributed by atoms with van der Waals surface area (Å²) in [5.41, 5.74) is 0.0784. The van der Waals surface area contributed by atoms with Crippen LogP contribution < -0.4 is 5.32 Å². The summed E-state index contributed by atoms with van der Waals surface area (Å²) in [5, 5.41) is 2.38. The monoisotopic (exact) mass is 253 g/mol. The zero-order valence-electron chi connectivity index (χ0n) is 9.86. The lowest BCUT2D eigenvalue weighted by molar-refractivity contribution is -0.151. The molecule has 0 saturated heterocycles. The minimum atomic E-state index is -4.13. The van der Waals surface area contributed by atoms with Gasteiger partial charge in [-0.05, 0) is 26.5 Å². The number of furan rings is 1. The minimum Gasteiger partial charge on any atom is -0.466 e. The lowest BCUT2D eigenvalue weighted by Crippen LogP contribution is -2.42. The largest absolute Gasteiger partial charge is 0.466 e. The summed E-state index contributed by atoms with van der Waals surface area (Å²) in [6, 6.07) is -0.371. The van der Waals surface area contributed by atoms with E-state index in [-0.39, 0.29) is 17.9 Å². The summed E-state index contributed by atoms with van der Waals surface area (Å²) in [7, 11) is 0. The van der Waals surface area contributed by atoms with Crippen molar-refractivity contribution in [2.45, 2.75) is 39.2 Å². The number of halogens is 4. The van der Waals surface area contributed by atoms with Gasteiger partial charge in [0.2, 0.25) is 0 Å². The van der Waals surface area contributed by atoms with Crippen LogP contribution in [-0.2, 0) is 0 Å². The smallest absolute Gasteiger partial charge is 0.326 e. The molecule has 0 bridgehead atoms. The molecule has 0 radical (unpaired) electrons. The molecule has 1 aromatic heterocycles. The predicted molar refractivity (Wildman–Crippen MR) is 55.6 cm³/mol. The molecule has 1 N–H and O–H groups in total. The highest BCUT2D eigenvalue weighted by molar-refractivity contribution is 5.26. The van der Waals surface area contributed by atoms with Crippen LogP contribution in [0, 0.1) is 13.8 Å². The first kappa shape index (κ1) is 14.0. The molecule has 0 amide bonds. The Morgan fingerprint density at radius 2 is 1.94 bits per heavy atom. The second-order valence-corrected chi connectivity index (χ2v) is 3.83. The predicted octanol–water partition coefficient (Wildman–Crippen LogP) is 3.45. The highest BCUT2D eigenvalue weighted by atomic mass is 19.3. The van der Waals surface area contributed by atoms with E-state index < -0.39 is 18.4 Å². The molecule has 1 rings (SSSR count). The lowest BCUT2D eigenvalue weighted by atomic mass is 10.0. The average molecular weight is 253 g/mol. The van der Waals surface area contributed by atoms with Crippen molar-refractivity contribution in [1.82, 2.24) is 5.32 Å². The van der Waals surface area contributed by atoms with Crippen LogP contribution in [0.4, 0.5) is 17.6 Å². The number of nitrogens with one attached hydrogen (secondary N) is 1. The molecule has 1 atom stereocenters. The first-order chi connectivity index (χ1) is 7.80. The average Bonchev–Trinajstić information content (AvgIpc) is 2.53. The van der Waals surface area contributed by atoms with E-state index in [9.17, 15) is 17.6 Å². The molecule has 0 spiro atoms. The van der Waals surface area contributed by atoms with Crippen molar-refractivity contribution >= 4 is 0 Å². The standard InChI is InChI=1S/C11H15F4NO/c1-4-16-9(11(14,15)10(12)13)8-5-6(2)17-7(8)3/h5,9-10,16H,4H2,1-3H3. The SMILES string of the molecule is CCNC(c1cc(C)oc1C)C(F)(F)C(F)F. The van der Waals surface area contributed by atoms with Gasteiger partial charge in [-0.15, -0.1) is 0 Å². The number of rotatable bonds is 5. The Balaban J connectivity index is 3.13. The van der Waals surface area contributed by atoms with Crippen molar-refractivity contribution in [3.8, 4) is 0 Å². The molecule has 17 heavy (non-hydrogen) atoms. The van der Waals surface area contributed by atoms with Crippen LogP contribution >= 0.6 is 0 Å². The third-order valence-electron chi connectivity index (χ3n) is 2.47. The maximum absolute atomic E-state index is 13.4. The highest BCUT2D eigenvalue weighted by Gasteiger charge is 2.50. The molecule has 1 aromatic rings. The van der Waals surface area contributed by atoms with E-state index in [2.05, 4.69) is 5.32 Å². The number of aryl methyl sites for hydroxylation is 2. The van der Waals surface area contributed by atoms with Crippen LogP contribution in [0.5, 0.6) is 0 Å². The van der Waals surface area contributed by atoms with Gasteiger partial charge in [0.05, 0.1) is 0 Å². The molecular weight excluding hydrogens is 238 g/mol. The number of hydrogen-bond acceptors (Lipinski definition) is 2. The number of hydrogen-bond donors (Lipinski definition) is 1. The van der Waals surface area contributed by atoms with Gasteiger partial charge in [0.25, 0.3) is 0 Å². The fraction of sp³-hybridized carbons (Fsp3) is 0.636. The summed E-state index contributed by atoms with van der Waals surface area (Å²) in [4.78, 5) is 0. The second-order valence-electron chi connectivity index (χ2n) is 3.83. The Kier molecular flexibility index (Phi) is 4.19. The van der Waals surface area contributed by atoms with E-state index in [1.807, 2.05) is 0 Å². The fourth-order valence-corrected chi connectivity index (χ4v) is 1.72. The first-order valence-electron chi connectivity index (χ1n) is 5.27. The van der Waals surface area contributed by atoms with E-state index in [0.29, 0.717) is 5.76 Å². The molecular formula is C11H15F4NO. The Morgan fingerprint density at radius 1 is 1.35 bits per heavy atom. The molecule has 1 unspecified atom stereocenters. The first-order valence-corrected chi connectivity index (χ1v) is 5.27. The van der Waals surface area contributed by atoms with Crippen molar-refractivity contribution in [2.75, 3.05) is 6.54 Å².